The number of hydrogen-bond acceptors (Lipinski definition) is 3. The highest BCUT2D eigenvalue weighted by Crippen LogP contribution is 2.28. The summed E-state index contributed by atoms with van der Waals surface area (Å²) in [4.78, 5) is 26.0. The summed E-state index contributed by atoms with van der Waals surface area (Å²) in [7, 11) is 0. The number of anilines is 2. The van der Waals surface area contributed by atoms with Crippen molar-refractivity contribution < 1.29 is 9.59 Å². The number of hydrogen-bond donors (Lipinski definition) is 2. The van der Waals surface area contributed by atoms with Gasteiger partial charge in [0.05, 0.1) is 6.54 Å². The van der Waals surface area contributed by atoms with E-state index in [1.807, 2.05) is 35.2 Å². The average molecular weight is 349 g/mol. The molecule has 0 radical (unpaired) electrons. The van der Waals surface area contributed by atoms with Gasteiger partial charge in [-0.3, -0.25) is 9.59 Å². The zero-order valence-electron chi connectivity index (χ0n) is 14.9. The highest BCUT2D eigenvalue weighted by Gasteiger charge is 2.24. The van der Waals surface area contributed by atoms with E-state index in [1.54, 1.807) is 0 Å². The minimum atomic E-state index is 0.0692. The van der Waals surface area contributed by atoms with Crippen molar-refractivity contribution in [3.8, 4) is 0 Å². The van der Waals surface area contributed by atoms with E-state index in [-0.39, 0.29) is 17.9 Å². The Bertz CT molecular complexity index is 862. The zero-order valence-corrected chi connectivity index (χ0v) is 14.9. The molecule has 4 rings (SSSR count). The molecule has 2 aromatic rings. The van der Waals surface area contributed by atoms with Gasteiger partial charge >= 0.3 is 0 Å². The summed E-state index contributed by atoms with van der Waals surface area (Å²) in [5.74, 6) is 0.180. The van der Waals surface area contributed by atoms with Crippen LogP contribution in [0.15, 0.2) is 42.5 Å². The van der Waals surface area contributed by atoms with Crippen molar-refractivity contribution in [3.63, 3.8) is 0 Å². The number of benzene rings is 2. The Kier molecular flexibility index (Phi) is 4.47. The van der Waals surface area contributed by atoms with Crippen LogP contribution in [0.1, 0.15) is 36.1 Å². The van der Waals surface area contributed by atoms with E-state index in [1.165, 1.54) is 5.56 Å². The van der Waals surface area contributed by atoms with E-state index >= 15 is 0 Å². The first-order chi connectivity index (χ1) is 12.6. The molecule has 2 N–H and O–H groups in total. The summed E-state index contributed by atoms with van der Waals surface area (Å²) in [6.45, 7) is 3.13. The number of nitrogens with one attached hydrogen (secondary N) is 2. The van der Waals surface area contributed by atoms with Crippen molar-refractivity contribution in [2.75, 3.05) is 23.3 Å². The number of carbonyl (C=O) groups excluding carboxylic acids is 2. The van der Waals surface area contributed by atoms with Crippen LogP contribution in [-0.4, -0.2) is 24.9 Å². The quantitative estimate of drug-likeness (QED) is 0.892. The number of carbonyl (C=O) groups is 2. The molecule has 1 atom stereocenters. The van der Waals surface area contributed by atoms with E-state index in [4.69, 9.17) is 0 Å². The van der Waals surface area contributed by atoms with Gasteiger partial charge in [-0.2, -0.15) is 0 Å². The second-order valence-electron chi connectivity index (χ2n) is 6.99. The molecule has 0 unspecified atom stereocenters. The van der Waals surface area contributed by atoms with Crippen molar-refractivity contribution in [2.45, 2.75) is 32.2 Å². The lowest BCUT2D eigenvalue weighted by Crippen LogP contribution is -2.38. The van der Waals surface area contributed by atoms with Gasteiger partial charge in [0.2, 0.25) is 11.8 Å². The van der Waals surface area contributed by atoms with Gasteiger partial charge < -0.3 is 15.5 Å². The van der Waals surface area contributed by atoms with Crippen LogP contribution in [0.25, 0.3) is 0 Å². The molecular formula is C21H23N3O2. The lowest BCUT2D eigenvalue weighted by molar-refractivity contribution is -0.118. The lowest BCUT2D eigenvalue weighted by Gasteiger charge is -2.22. The summed E-state index contributed by atoms with van der Waals surface area (Å²) >= 11 is 0. The molecular weight excluding hydrogens is 326 g/mol. The fraction of sp³-hybridized carbons (Fsp3) is 0.333. The number of para-hydroxylation sites is 1. The Labute approximate surface area is 153 Å². The minimum Gasteiger partial charge on any atom is -0.326 e. The molecule has 0 fully saturated rings. The van der Waals surface area contributed by atoms with Crippen LogP contribution in [0.3, 0.4) is 0 Å². The molecule has 0 saturated carbocycles. The van der Waals surface area contributed by atoms with E-state index in [0.717, 1.165) is 41.9 Å². The summed E-state index contributed by atoms with van der Waals surface area (Å²) in [6.07, 6.45) is 2.23. The van der Waals surface area contributed by atoms with Gasteiger partial charge in [0, 0.05) is 30.4 Å². The molecule has 2 aliphatic rings. The van der Waals surface area contributed by atoms with Gasteiger partial charge in [-0.15, -0.1) is 0 Å². The second kappa shape index (κ2) is 6.92. The third-order valence-electron chi connectivity index (χ3n) is 5.27. The Hall–Kier alpha value is -2.66. The van der Waals surface area contributed by atoms with Crippen molar-refractivity contribution in [1.82, 2.24) is 5.32 Å². The maximum absolute atomic E-state index is 12.6. The maximum atomic E-state index is 12.6. The molecule has 0 saturated heterocycles. The summed E-state index contributed by atoms with van der Waals surface area (Å²) in [6, 6.07) is 14.3. The van der Waals surface area contributed by atoms with E-state index in [9.17, 15) is 9.59 Å². The third-order valence-corrected chi connectivity index (χ3v) is 5.27. The Morgan fingerprint density at radius 3 is 2.88 bits per heavy atom. The number of rotatable bonds is 4. The van der Waals surface area contributed by atoms with Gasteiger partial charge in [0.15, 0.2) is 0 Å². The lowest BCUT2D eigenvalue weighted by atomic mass is 9.98. The molecule has 0 spiro atoms. The van der Waals surface area contributed by atoms with Gasteiger partial charge in [-0.25, -0.2) is 0 Å². The molecule has 5 heteroatoms. The molecule has 0 aliphatic carbocycles. The minimum absolute atomic E-state index is 0.0692. The topological polar surface area (TPSA) is 61.4 Å². The van der Waals surface area contributed by atoms with Gasteiger partial charge in [-0.05, 0) is 48.6 Å². The van der Waals surface area contributed by atoms with Crippen LogP contribution in [-0.2, 0) is 22.4 Å². The van der Waals surface area contributed by atoms with Crippen LogP contribution in [0.4, 0.5) is 11.4 Å². The van der Waals surface area contributed by atoms with Crippen molar-refractivity contribution in [1.29, 1.82) is 0 Å². The van der Waals surface area contributed by atoms with Gasteiger partial charge in [0.25, 0.3) is 0 Å². The summed E-state index contributed by atoms with van der Waals surface area (Å²) < 4.78 is 0. The molecule has 26 heavy (non-hydrogen) atoms. The Morgan fingerprint density at radius 2 is 2.00 bits per heavy atom. The molecule has 0 aromatic heterocycles. The monoisotopic (exact) mass is 349 g/mol. The molecule has 2 aliphatic heterocycles. The van der Waals surface area contributed by atoms with Crippen molar-refractivity contribution >= 4 is 23.2 Å². The average Bonchev–Trinajstić information content (AvgIpc) is 3.09. The van der Waals surface area contributed by atoms with Crippen LogP contribution in [0.2, 0.25) is 0 Å². The Balaban J connectivity index is 1.39. The molecule has 134 valence electrons. The predicted molar refractivity (Wildman–Crippen MR) is 102 cm³/mol. The number of fused-ring (bicyclic) bond motifs is 2. The molecule has 2 amide bonds. The van der Waals surface area contributed by atoms with E-state index < -0.39 is 0 Å². The predicted octanol–water partition coefficient (Wildman–Crippen LogP) is 2.81. The SMILES string of the molecule is C[C@H](NCC(=O)N1CCc2ccccc21)c1ccc2c(c1)CCC(=O)N2. The zero-order chi connectivity index (χ0) is 18.1. The largest absolute Gasteiger partial charge is 0.326 e. The van der Waals surface area contributed by atoms with Gasteiger partial charge in [-0.1, -0.05) is 30.3 Å². The van der Waals surface area contributed by atoms with Crippen LogP contribution >= 0.6 is 0 Å². The van der Waals surface area contributed by atoms with E-state index in [2.05, 4.69) is 29.7 Å². The standard InChI is InChI=1S/C21H23N3O2/c1-14(16-6-8-18-17(12-16)7-9-20(25)23-18)22-13-21(26)24-11-10-15-4-2-3-5-19(15)24/h2-6,8,12,14,22H,7,9-11,13H2,1H3,(H,23,25)/t14-/m0/s1. The van der Waals surface area contributed by atoms with Crippen LogP contribution in [0, 0.1) is 0 Å². The normalized spacial score (nSPS) is 16.7. The van der Waals surface area contributed by atoms with Crippen molar-refractivity contribution in [2.24, 2.45) is 0 Å². The summed E-state index contributed by atoms with van der Waals surface area (Å²) in [5.41, 5.74) is 5.48. The highest BCUT2D eigenvalue weighted by molar-refractivity contribution is 5.97. The smallest absolute Gasteiger partial charge is 0.240 e. The number of amides is 2. The Morgan fingerprint density at radius 1 is 1.15 bits per heavy atom. The first kappa shape index (κ1) is 16.8. The first-order valence-electron chi connectivity index (χ1n) is 9.16. The fourth-order valence-corrected chi connectivity index (χ4v) is 3.72. The van der Waals surface area contributed by atoms with Crippen molar-refractivity contribution in [3.05, 3.63) is 59.2 Å². The highest BCUT2D eigenvalue weighted by atomic mass is 16.2. The molecule has 2 aromatic carbocycles. The third kappa shape index (κ3) is 3.22. The van der Waals surface area contributed by atoms with Crippen LogP contribution < -0.4 is 15.5 Å². The molecule has 0 bridgehead atoms. The molecule has 5 nitrogen and oxygen atoms in total. The van der Waals surface area contributed by atoms with Gasteiger partial charge in [0.1, 0.15) is 0 Å². The second-order valence-corrected chi connectivity index (χ2v) is 6.99. The first-order valence-corrected chi connectivity index (χ1v) is 9.16. The maximum Gasteiger partial charge on any atom is 0.240 e. The molecule has 2 heterocycles. The number of nitrogens with zero attached hydrogens (tertiary/aromatic N) is 1. The summed E-state index contributed by atoms with van der Waals surface area (Å²) in [5, 5.41) is 6.25. The van der Waals surface area contributed by atoms with E-state index in [0.29, 0.717) is 13.0 Å². The fourth-order valence-electron chi connectivity index (χ4n) is 3.72. The number of aryl methyl sites for hydroxylation is 1. The van der Waals surface area contributed by atoms with Crippen LogP contribution in [0.5, 0.6) is 0 Å².